The maximum atomic E-state index is 12.3. The van der Waals surface area contributed by atoms with Gasteiger partial charge in [-0.1, -0.05) is 6.92 Å². The summed E-state index contributed by atoms with van der Waals surface area (Å²) in [6.45, 7) is 5.45. The molecule has 0 aliphatic heterocycles. The number of ether oxygens (including phenoxy) is 1. The second kappa shape index (κ2) is 5.74. The number of nitrogens with zero attached hydrogens (tertiary/aromatic N) is 2. The van der Waals surface area contributed by atoms with Gasteiger partial charge in [0.15, 0.2) is 0 Å². The molecule has 1 N–H and O–H groups in total. The summed E-state index contributed by atoms with van der Waals surface area (Å²) in [7, 11) is 1.46. The number of methoxy groups -OCH3 is 1. The fourth-order valence-electron chi connectivity index (χ4n) is 2.55. The van der Waals surface area contributed by atoms with Crippen molar-refractivity contribution in [3.05, 3.63) is 18.0 Å². The Bertz CT molecular complexity index is 440. The van der Waals surface area contributed by atoms with Crippen LogP contribution in [0.2, 0.25) is 0 Å². The smallest absolute Gasteiger partial charge is 0.328 e. The highest BCUT2D eigenvalue weighted by Crippen LogP contribution is 2.41. The Balaban J connectivity index is 2.22. The van der Waals surface area contributed by atoms with E-state index in [1.807, 2.05) is 24.0 Å². The number of hydrogen-bond acceptors (Lipinski definition) is 4. The van der Waals surface area contributed by atoms with Crippen LogP contribution in [-0.4, -0.2) is 34.9 Å². The third kappa shape index (κ3) is 2.97. The van der Waals surface area contributed by atoms with Crippen LogP contribution < -0.4 is 5.32 Å². The molecule has 1 fully saturated rings. The number of aryl methyl sites for hydroxylation is 1. The zero-order chi connectivity index (χ0) is 13.9. The molecule has 0 radical (unpaired) electrons. The van der Waals surface area contributed by atoms with E-state index in [2.05, 4.69) is 17.3 Å². The van der Waals surface area contributed by atoms with Crippen LogP contribution in [0.4, 0.5) is 0 Å². The van der Waals surface area contributed by atoms with E-state index in [4.69, 9.17) is 4.74 Å². The van der Waals surface area contributed by atoms with Gasteiger partial charge in [-0.3, -0.25) is 4.68 Å². The van der Waals surface area contributed by atoms with E-state index < -0.39 is 5.54 Å². The molecule has 106 valence electrons. The largest absolute Gasteiger partial charge is 0.468 e. The molecule has 5 heteroatoms. The SMILES string of the molecule is CCCNC(Cn1cc(C)cn1)(C(=O)OC)C1CC1. The molecular formula is C14H23N3O2. The molecule has 1 heterocycles. The fourth-order valence-corrected chi connectivity index (χ4v) is 2.55. The summed E-state index contributed by atoms with van der Waals surface area (Å²) < 4.78 is 6.89. The van der Waals surface area contributed by atoms with Crippen LogP contribution in [0.1, 0.15) is 31.7 Å². The van der Waals surface area contributed by atoms with Crippen molar-refractivity contribution >= 4 is 5.97 Å². The lowest BCUT2D eigenvalue weighted by Gasteiger charge is -2.32. The van der Waals surface area contributed by atoms with Gasteiger partial charge in [0.05, 0.1) is 19.9 Å². The molecule has 1 aromatic heterocycles. The first kappa shape index (κ1) is 14.1. The molecular weight excluding hydrogens is 242 g/mol. The van der Waals surface area contributed by atoms with E-state index in [1.54, 1.807) is 0 Å². The molecule has 1 unspecified atom stereocenters. The van der Waals surface area contributed by atoms with Gasteiger partial charge in [-0.15, -0.1) is 0 Å². The number of nitrogens with one attached hydrogen (secondary N) is 1. The Labute approximate surface area is 114 Å². The molecule has 1 aliphatic carbocycles. The number of hydrogen-bond donors (Lipinski definition) is 1. The minimum atomic E-state index is -0.622. The fraction of sp³-hybridized carbons (Fsp3) is 0.714. The van der Waals surface area contributed by atoms with Crippen molar-refractivity contribution in [3.8, 4) is 0 Å². The molecule has 1 aliphatic rings. The second-order valence-electron chi connectivity index (χ2n) is 5.38. The molecule has 0 bridgehead atoms. The standard InChI is InChI=1S/C14H23N3O2/c1-4-7-15-14(12-5-6-12,13(18)19-3)10-17-9-11(2)8-16-17/h8-9,12,15H,4-7,10H2,1-3H3. The predicted octanol–water partition coefficient (Wildman–Crippen LogP) is 1.51. The summed E-state index contributed by atoms with van der Waals surface area (Å²) in [5.41, 5.74) is 0.480. The van der Waals surface area contributed by atoms with E-state index in [1.165, 1.54) is 7.11 Å². The first-order valence-corrected chi connectivity index (χ1v) is 6.95. The summed E-state index contributed by atoms with van der Waals surface area (Å²) in [4.78, 5) is 12.3. The highest BCUT2D eigenvalue weighted by Gasteiger charge is 2.52. The minimum absolute atomic E-state index is 0.170. The topological polar surface area (TPSA) is 56.2 Å². The summed E-state index contributed by atoms with van der Waals surface area (Å²) in [6.07, 6.45) is 6.92. The molecule has 0 aromatic carbocycles. The van der Waals surface area contributed by atoms with Crippen molar-refractivity contribution in [1.82, 2.24) is 15.1 Å². The average molecular weight is 265 g/mol. The number of esters is 1. The van der Waals surface area contributed by atoms with Crippen LogP contribution in [-0.2, 0) is 16.1 Å². The maximum absolute atomic E-state index is 12.3. The van der Waals surface area contributed by atoms with E-state index in [0.29, 0.717) is 12.5 Å². The first-order valence-electron chi connectivity index (χ1n) is 6.95. The quantitative estimate of drug-likeness (QED) is 0.759. The molecule has 1 saturated carbocycles. The Morgan fingerprint density at radius 3 is 2.84 bits per heavy atom. The summed E-state index contributed by atoms with van der Waals surface area (Å²) in [6, 6.07) is 0. The lowest BCUT2D eigenvalue weighted by atomic mass is 9.92. The molecule has 1 aromatic rings. The van der Waals surface area contributed by atoms with Crippen LogP contribution >= 0.6 is 0 Å². The van der Waals surface area contributed by atoms with Crippen molar-refractivity contribution in [2.24, 2.45) is 5.92 Å². The third-order valence-corrected chi connectivity index (χ3v) is 3.69. The normalized spacial score (nSPS) is 18.1. The van der Waals surface area contributed by atoms with Crippen molar-refractivity contribution in [2.75, 3.05) is 13.7 Å². The van der Waals surface area contributed by atoms with Crippen molar-refractivity contribution in [1.29, 1.82) is 0 Å². The Morgan fingerprint density at radius 2 is 2.37 bits per heavy atom. The zero-order valence-electron chi connectivity index (χ0n) is 12.0. The van der Waals surface area contributed by atoms with Gasteiger partial charge >= 0.3 is 5.97 Å². The number of carbonyl (C=O) groups is 1. The molecule has 0 saturated heterocycles. The van der Waals surface area contributed by atoms with E-state index in [-0.39, 0.29) is 5.97 Å². The van der Waals surface area contributed by atoms with E-state index >= 15 is 0 Å². The van der Waals surface area contributed by atoms with Gasteiger partial charge in [0.1, 0.15) is 5.54 Å². The van der Waals surface area contributed by atoms with Gasteiger partial charge in [-0.2, -0.15) is 5.10 Å². The first-order chi connectivity index (χ1) is 9.12. The van der Waals surface area contributed by atoms with Gasteiger partial charge in [0.25, 0.3) is 0 Å². The highest BCUT2D eigenvalue weighted by molar-refractivity contribution is 5.81. The molecule has 0 spiro atoms. The Hall–Kier alpha value is -1.36. The van der Waals surface area contributed by atoms with E-state index in [0.717, 1.165) is 31.4 Å². The number of rotatable bonds is 7. The van der Waals surface area contributed by atoms with Gasteiger partial charge in [-0.25, -0.2) is 4.79 Å². The van der Waals surface area contributed by atoms with Crippen LogP contribution in [0.3, 0.4) is 0 Å². The number of carbonyl (C=O) groups excluding carboxylic acids is 1. The van der Waals surface area contributed by atoms with E-state index in [9.17, 15) is 4.79 Å². The van der Waals surface area contributed by atoms with Gasteiger partial charge in [0.2, 0.25) is 0 Å². The van der Waals surface area contributed by atoms with Gasteiger partial charge < -0.3 is 10.1 Å². The molecule has 5 nitrogen and oxygen atoms in total. The zero-order valence-corrected chi connectivity index (χ0v) is 12.0. The van der Waals surface area contributed by atoms with Crippen molar-refractivity contribution < 1.29 is 9.53 Å². The summed E-state index contributed by atoms with van der Waals surface area (Å²) in [5, 5.41) is 7.72. The highest BCUT2D eigenvalue weighted by atomic mass is 16.5. The predicted molar refractivity (Wildman–Crippen MR) is 72.7 cm³/mol. The lowest BCUT2D eigenvalue weighted by Crippen LogP contribution is -2.57. The van der Waals surface area contributed by atoms with Gasteiger partial charge in [0, 0.05) is 6.20 Å². The second-order valence-corrected chi connectivity index (χ2v) is 5.38. The van der Waals surface area contributed by atoms with Crippen LogP contribution in [0.25, 0.3) is 0 Å². The summed E-state index contributed by atoms with van der Waals surface area (Å²) in [5.74, 6) is 0.188. The molecule has 2 rings (SSSR count). The molecule has 0 amide bonds. The number of aromatic nitrogens is 2. The third-order valence-electron chi connectivity index (χ3n) is 3.69. The monoisotopic (exact) mass is 265 g/mol. The van der Waals surface area contributed by atoms with Crippen LogP contribution in [0, 0.1) is 12.8 Å². The Kier molecular flexibility index (Phi) is 4.24. The van der Waals surface area contributed by atoms with Gasteiger partial charge in [-0.05, 0) is 44.2 Å². The minimum Gasteiger partial charge on any atom is -0.468 e. The molecule has 19 heavy (non-hydrogen) atoms. The van der Waals surface area contributed by atoms with Crippen LogP contribution in [0.5, 0.6) is 0 Å². The lowest BCUT2D eigenvalue weighted by molar-refractivity contribution is -0.150. The summed E-state index contributed by atoms with van der Waals surface area (Å²) >= 11 is 0. The average Bonchev–Trinajstić information content (AvgIpc) is 3.18. The van der Waals surface area contributed by atoms with Crippen molar-refractivity contribution in [3.63, 3.8) is 0 Å². The van der Waals surface area contributed by atoms with Crippen molar-refractivity contribution in [2.45, 2.75) is 45.2 Å². The molecule has 1 atom stereocenters. The maximum Gasteiger partial charge on any atom is 0.328 e. The van der Waals surface area contributed by atoms with Crippen LogP contribution in [0.15, 0.2) is 12.4 Å². The Morgan fingerprint density at radius 1 is 1.63 bits per heavy atom.